The largest absolute Gasteiger partial charge is 0.329 e. The molecule has 118 valence electrons. The molecule has 0 amide bonds. The van der Waals surface area contributed by atoms with E-state index in [1.165, 1.54) is 51.9 Å². The van der Waals surface area contributed by atoms with Crippen LogP contribution in [0, 0.1) is 11.8 Å². The number of hydrogen-bond donors (Lipinski definition) is 1. The van der Waals surface area contributed by atoms with E-state index in [2.05, 4.69) is 37.5 Å². The van der Waals surface area contributed by atoms with Crippen LogP contribution in [-0.2, 0) is 0 Å². The highest BCUT2D eigenvalue weighted by Gasteiger charge is 2.40. The fourth-order valence-electron chi connectivity index (χ4n) is 4.15. The minimum absolute atomic E-state index is 0.299. The highest BCUT2D eigenvalue weighted by atomic mass is 15.3. The van der Waals surface area contributed by atoms with E-state index in [1.807, 2.05) is 0 Å². The van der Waals surface area contributed by atoms with Gasteiger partial charge in [-0.15, -0.1) is 0 Å². The van der Waals surface area contributed by atoms with Gasteiger partial charge in [0.1, 0.15) is 0 Å². The second-order valence-electron chi connectivity index (χ2n) is 7.63. The molecule has 2 aliphatic rings. The van der Waals surface area contributed by atoms with Gasteiger partial charge in [0.05, 0.1) is 0 Å². The molecule has 0 aromatic carbocycles. The SMILES string of the molecule is CC(C)C1CCN(C2(CN)CCN(C(C)C)CC2)CC1. The highest BCUT2D eigenvalue weighted by molar-refractivity contribution is 4.98. The average molecular weight is 281 g/mol. The Morgan fingerprint density at radius 3 is 1.95 bits per heavy atom. The second kappa shape index (κ2) is 6.76. The first-order valence-electron chi connectivity index (χ1n) is 8.67. The summed E-state index contributed by atoms with van der Waals surface area (Å²) in [4.78, 5) is 5.35. The van der Waals surface area contributed by atoms with Gasteiger partial charge in [0.25, 0.3) is 0 Å². The number of piperidine rings is 2. The molecular weight excluding hydrogens is 246 g/mol. The Hall–Kier alpha value is -0.120. The number of likely N-dealkylation sites (tertiary alicyclic amines) is 2. The first-order chi connectivity index (χ1) is 9.48. The van der Waals surface area contributed by atoms with Crippen LogP contribution in [0.15, 0.2) is 0 Å². The fourth-order valence-corrected chi connectivity index (χ4v) is 4.15. The van der Waals surface area contributed by atoms with Gasteiger partial charge < -0.3 is 10.6 Å². The molecule has 2 saturated heterocycles. The van der Waals surface area contributed by atoms with Crippen LogP contribution in [0.3, 0.4) is 0 Å². The predicted octanol–water partition coefficient (Wildman–Crippen LogP) is 2.56. The summed E-state index contributed by atoms with van der Waals surface area (Å²) >= 11 is 0. The third kappa shape index (κ3) is 3.37. The number of nitrogens with two attached hydrogens (primary N) is 1. The molecule has 2 aliphatic heterocycles. The Morgan fingerprint density at radius 2 is 1.55 bits per heavy atom. The maximum atomic E-state index is 6.22. The van der Waals surface area contributed by atoms with Crippen LogP contribution in [-0.4, -0.2) is 54.1 Å². The molecule has 3 heteroatoms. The smallest absolute Gasteiger partial charge is 0.0356 e. The van der Waals surface area contributed by atoms with Crippen molar-refractivity contribution in [3.8, 4) is 0 Å². The molecule has 0 radical (unpaired) electrons. The van der Waals surface area contributed by atoms with Gasteiger partial charge in [-0.1, -0.05) is 13.8 Å². The minimum atomic E-state index is 0.299. The first-order valence-corrected chi connectivity index (χ1v) is 8.67. The van der Waals surface area contributed by atoms with Crippen molar-refractivity contribution in [3.05, 3.63) is 0 Å². The average Bonchev–Trinajstić information content (AvgIpc) is 2.47. The lowest BCUT2D eigenvalue weighted by Gasteiger charge is -2.51. The van der Waals surface area contributed by atoms with E-state index in [9.17, 15) is 0 Å². The molecule has 0 aromatic heterocycles. The Kier molecular flexibility index (Phi) is 5.49. The standard InChI is InChI=1S/C17H35N3/c1-14(2)16-5-9-20(10-6-16)17(13-18)7-11-19(12-8-17)15(3)4/h14-16H,5-13,18H2,1-4H3. The minimum Gasteiger partial charge on any atom is -0.329 e. The molecule has 0 saturated carbocycles. The third-order valence-electron chi connectivity index (χ3n) is 5.99. The molecule has 2 heterocycles. The first kappa shape index (κ1) is 16.3. The summed E-state index contributed by atoms with van der Waals surface area (Å²) in [5.74, 6) is 1.77. The van der Waals surface area contributed by atoms with Crippen molar-refractivity contribution in [2.75, 3.05) is 32.7 Å². The van der Waals surface area contributed by atoms with Crippen LogP contribution in [0.5, 0.6) is 0 Å². The fraction of sp³-hybridized carbons (Fsp3) is 1.00. The summed E-state index contributed by atoms with van der Waals surface area (Å²) in [5, 5.41) is 0. The molecule has 0 unspecified atom stereocenters. The molecule has 20 heavy (non-hydrogen) atoms. The monoisotopic (exact) mass is 281 g/mol. The van der Waals surface area contributed by atoms with Gasteiger partial charge in [0.15, 0.2) is 0 Å². The lowest BCUT2D eigenvalue weighted by Crippen LogP contribution is -2.61. The van der Waals surface area contributed by atoms with E-state index in [0.717, 1.165) is 18.4 Å². The van der Waals surface area contributed by atoms with E-state index in [-0.39, 0.29) is 0 Å². The number of nitrogens with zero attached hydrogens (tertiary/aromatic N) is 2. The zero-order valence-corrected chi connectivity index (χ0v) is 14.1. The predicted molar refractivity (Wildman–Crippen MR) is 86.9 cm³/mol. The lowest BCUT2D eigenvalue weighted by atomic mass is 9.80. The van der Waals surface area contributed by atoms with Gasteiger partial charge in [-0.05, 0) is 64.5 Å². The second-order valence-corrected chi connectivity index (χ2v) is 7.63. The van der Waals surface area contributed by atoms with Gasteiger partial charge in [0, 0.05) is 31.2 Å². The van der Waals surface area contributed by atoms with Gasteiger partial charge in [-0.25, -0.2) is 0 Å². The molecular formula is C17H35N3. The summed E-state index contributed by atoms with van der Waals surface area (Å²) < 4.78 is 0. The maximum Gasteiger partial charge on any atom is 0.0356 e. The molecule has 0 aliphatic carbocycles. The molecule has 2 fully saturated rings. The Labute approximate surface area is 125 Å². The van der Waals surface area contributed by atoms with Crippen molar-refractivity contribution < 1.29 is 0 Å². The van der Waals surface area contributed by atoms with E-state index in [4.69, 9.17) is 5.73 Å². The Bertz CT molecular complexity index is 285. The zero-order chi connectivity index (χ0) is 14.8. The summed E-state index contributed by atoms with van der Waals surface area (Å²) in [6.45, 7) is 15.2. The maximum absolute atomic E-state index is 6.22. The van der Waals surface area contributed by atoms with Crippen LogP contribution < -0.4 is 5.73 Å². The topological polar surface area (TPSA) is 32.5 Å². The molecule has 3 nitrogen and oxygen atoms in total. The molecule has 0 bridgehead atoms. The van der Waals surface area contributed by atoms with Crippen LogP contribution >= 0.6 is 0 Å². The molecule has 0 aromatic rings. The number of rotatable bonds is 4. The molecule has 0 spiro atoms. The summed E-state index contributed by atoms with van der Waals surface area (Å²) in [5.41, 5.74) is 6.52. The van der Waals surface area contributed by atoms with Crippen LogP contribution in [0.2, 0.25) is 0 Å². The molecule has 2 N–H and O–H groups in total. The zero-order valence-electron chi connectivity index (χ0n) is 14.1. The van der Waals surface area contributed by atoms with Crippen molar-refractivity contribution in [1.29, 1.82) is 0 Å². The van der Waals surface area contributed by atoms with Crippen molar-refractivity contribution >= 4 is 0 Å². The highest BCUT2D eigenvalue weighted by Crippen LogP contribution is 2.34. The van der Waals surface area contributed by atoms with Gasteiger partial charge in [-0.2, -0.15) is 0 Å². The third-order valence-corrected chi connectivity index (χ3v) is 5.99. The summed E-state index contributed by atoms with van der Waals surface area (Å²) in [7, 11) is 0. The van der Waals surface area contributed by atoms with Crippen LogP contribution in [0.1, 0.15) is 53.4 Å². The van der Waals surface area contributed by atoms with Crippen LogP contribution in [0.25, 0.3) is 0 Å². The molecule has 2 rings (SSSR count). The quantitative estimate of drug-likeness (QED) is 0.859. The lowest BCUT2D eigenvalue weighted by molar-refractivity contribution is -0.00657. The normalized spacial score (nSPS) is 26.6. The van der Waals surface area contributed by atoms with E-state index in [1.54, 1.807) is 0 Å². The van der Waals surface area contributed by atoms with Crippen LogP contribution in [0.4, 0.5) is 0 Å². The van der Waals surface area contributed by atoms with Crippen molar-refractivity contribution in [2.24, 2.45) is 17.6 Å². The van der Waals surface area contributed by atoms with Crippen molar-refractivity contribution in [1.82, 2.24) is 9.80 Å². The van der Waals surface area contributed by atoms with E-state index >= 15 is 0 Å². The van der Waals surface area contributed by atoms with Crippen molar-refractivity contribution in [3.63, 3.8) is 0 Å². The van der Waals surface area contributed by atoms with Crippen molar-refractivity contribution in [2.45, 2.75) is 65.0 Å². The molecule has 0 atom stereocenters. The van der Waals surface area contributed by atoms with Gasteiger partial charge in [-0.3, -0.25) is 4.90 Å². The Balaban J connectivity index is 1.93. The summed E-state index contributed by atoms with van der Waals surface area (Å²) in [6.07, 6.45) is 5.25. The Morgan fingerprint density at radius 1 is 1.00 bits per heavy atom. The van der Waals surface area contributed by atoms with Gasteiger partial charge in [0.2, 0.25) is 0 Å². The number of hydrogen-bond acceptors (Lipinski definition) is 3. The summed E-state index contributed by atoms with van der Waals surface area (Å²) in [6, 6.07) is 0.678. The van der Waals surface area contributed by atoms with E-state index in [0.29, 0.717) is 11.6 Å². The van der Waals surface area contributed by atoms with Gasteiger partial charge >= 0.3 is 0 Å². The van der Waals surface area contributed by atoms with E-state index < -0.39 is 0 Å².